The third-order valence-electron chi connectivity index (χ3n) is 4.28. The molecule has 0 spiro atoms. The molecule has 2 aliphatic heterocycles. The van der Waals surface area contributed by atoms with Crippen LogP contribution in [0.1, 0.15) is 60.8 Å². The van der Waals surface area contributed by atoms with Gasteiger partial charge in [0.2, 0.25) is 0 Å². The molecule has 2 aliphatic rings. The molecule has 0 aromatic carbocycles. The fraction of sp³-hybridized carbons (Fsp3) is 0.889. The first-order valence-electron chi connectivity index (χ1n) is 8.58. The van der Waals surface area contributed by atoms with E-state index in [9.17, 15) is 9.59 Å². The highest BCUT2D eigenvalue weighted by atomic mass is 16.6. The van der Waals surface area contributed by atoms with E-state index in [1.807, 2.05) is 25.7 Å². The molecule has 0 N–H and O–H groups in total. The number of hydrogen-bond acceptors (Lipinski definition) is 4. The summed E-state index contributed by atoms with van der Waals surface area (Å²) in [5, 5.41) is 0. The summed E-state index contributed by atoms with van der Waals surface area (Å²) in [4.78, 5) is 26.9. The van der Waals surface area contributed by atoms with Gasteiger partial charge in [-0.25, -0.2) is 4.79 Å². The average Bonchev–Trinajstić information content (AvgIpc) is 2.32. The summed E-state index contributed by atoms with van der Waals surface area (Å²) in [6, 6.07) is -0.0995. The van der Waals surface area contributed by atoms with E-state index in [2.05, 4.69) is 20.8 Å². The van der Waals surface area contributed by atoms with Crippen molar-refractivity contribution < 1.29 is 19.1 Å². The van der Waals surface area contributed by atoms with Crippen molar-refractivity contribution in [2.45, 2.75) is 78.5 Å². The van der Waals surface area contributed by atoms with Crippen molar-refractivity contribution >= 4 is 11.9 Å². The Bertz CT molecular complexity index is 447. The summed E-state index contributed by atoms with van der Waals surface area (Å²) in [5.41, 5.74) is -0.504. The minimum absolute atomic E-state index is 0.00495. The molecule has 2 saturated heterocycles. The molecular weight excluding hydrogens is 294 g/mol. The Morgan fingerprint density at radius 2 is 1.57 bits per heavy atom. The summed E-state index contributed by atoms with van der Waals surface area (Å²) in [6.45, 7) is 12.9. The predicted octanol–water partition coefficient (Wildman–Crippen LogP) is 3.41. The predicted molar refractivity (Wildman–Crippen MR) is 88.3 cm³/mol. The Balaban J connectivity index is 2.06. The van der Waals surface area contributed by atoms with Crippen molar-refractivity contribution in [2.75, 3.05) is 13.2 Å². The number of carbonyl (C=O) groups is 2. The normalized spacial score (nSPS) is 28.4. The van der Waals surface area contributed by atoms with Gasteiger partial charge < -0.3 is 9.47 Å². The van der Waals surface area contributed by atoms with Gasteiger partial charge in [-0.2, -0.15) is 0 Å². The number of nitrogens with zero attached hydrogens (tertiary/aromatic N) is 1. The van der Waals surface area contributed by atoms with Crippen LogP contribution < -0.4 is 0 Å². The molecule has 2 heterocycles. The van der Waals surface area contributed by atoms with E-state index >= 15 is 0 Å². The van der Waals surface area contributed by atoms with Crippen molar-refractivity contribution in [3.63, 3.8) is 0 Å². The Kier molecular flexibility index (Phi) is 5.09. The second kappa shape index (κ2) is 6.42. The van der Waals surface area contributed by atoms with E-state index < -0.39 is 5.60 Å². The summed E-state index contributed by atoms with van der Waals surface area (Å²) >= 11 is 0. The fourth-order valence-electron chi connectivity index (χ4n) is 3.46. The number of piperidine rings is 1. The highest BCUT2D eigenvalue weighted by Crippen LogP contribution is 2.35. The first-order chi connectivity index (χ1) is 10.5. The molecule has 0 aromatic rings. The minimum atomic E-state index is -0.509. The van der Waals surface area contributed by atoms with Gasteiger partial charge in [-0.15, -0.1) is 0 Å². The van der Waals surface area contributed by atoms with Gasteiger partial charge in [0.15, 0.2) is 0 Å². The molecule has 5 heteroatoms. The van der Waals surface area contributed by atoms with Crippen LogP contribution >= 0.6 is 0 Å². The van der Waals surface area contributed by atoms with Gasteiger partial charge in [0, 0.05) is 12.3 Å². The number of ketones is 1. The van der Waals surface area contributed by atoms with Crippen molar-refractivity contribution in [3.05, 3.63) is 0 Å². The van der Waals surface area contributed by atoms with Crippen molar-refractivity contribution in [3.8, 4) is 0 Å². The second-order valence-corrected chi connectivity index (χ2v) is 9.10. The maximum atomic E-state index is 12.6. The number of morpholine rings is 1. The molecule has 2 bridgehead atoms. The Hall–Kier alpha value is -1.10. The van der Waals surface area contributed by atoms with Crippen LogP contribution in [0, 0.1) is 11.3 Å². The van der Waals surface area contributed by atoms with Crippen LogP contribution in [0.15, 0.2) is 0 Å². The lowest BCUT2D eigenvalue weighted by atomic mass is 9.78. The zero-order chi connectivity index (χ0) is 17.4. The van der Waals surface area contributed by atoms with Gasteiger partial charge in [0.1, 0.15) is 11.4 Å². The Morgan fingerprint density at radius 1 is 1.04 bits per heavy atom. The van der Waals surface area contributed by atoms with Crippen LogP contribution in [0.3, 0.4) is 0 Å². The molecule has 0 aromatic heterocycles. The highest BCUT2D eigenvalue weighted by Gasteiger charge is 2.45. The van der Waals surface area contributed by atoms with Crippen LogP contribution in [0.2, 0.25) is 0 Å². The average molecular weight is 325 g/mol. The van der Waals surface area contributed by atoms with E-state index in [-0.39, 0.29) is 29.5 Å². The number of ether oxygens (including phenoxy) is 2. The molecule has 0 saturated carbocycles. The molecule has 132 valence electrons. The molecule has 2 atom stereocenters. The van der Waals surface area contributed by atoms with Crippen molar-refractivity contribution in [2.24, 2.45) is 11.3 Å². The van der Waals surface area contributed by atoms with E-state index in [1.165, 1.54) is 0 Å². The summed E-state index contributed by atoms with van der Waals surface area (Å²) in [7, 11) is 0. The smallest absolute Gasteiger partial charge is 0.410 e. The molecule has 5 nitrogen and oxygen atoms in total. The lowest BCUT2D eigenvalue weighted by Gasteiger charge is -2.48. The first-order valence-corrected chi connectivity index (χ1v) is 8.58. The van der Waals surface area contributed by atoms with E-state index in [0.717, 1.165) is 0 Å². The van der Waals surface area contributed by atoms with Gasteiger partial charge in [0.25, 0.3) is 0 Å². The topological polar surface area (TPSA) is 55.8 Å². The Morgan fingerprint density at radius 3 is 2.00 bits per heavy atom. The lowest BCUT2D eigenvalue weighted by Crippen LogP contribution is -2.60. The summed E-state index contributed by atoms with van der Waals surface area (Å²) in [6.07, 6.45) is 1.68. The van der Waals surface area contributed by atoms with E-state index in [0.29, 0.717) is 38.3 Å². The SMILES string of the molecule is CC(C)(C)CC(=O)C1CC2COCC(C1)N2C(=O)OC(C)(C)C. The van der Waals surface area contributed by atoms with Crippen LogP contribution in [0.5, 0.6) is 0 Å². The van der Waals surface area contributed by atoms with Crippen LogP contribution in [-0.2, 0) is 14.3 Å². The van der Waals surface area contributed by atoms with Gasteiger partial charge in [-0.1, -0.05) is 20.8 Å². The second-order valence-electron chi connectivity index (χ2n) is 9.10. The van der Waals surface area contributed by atoms with Crippen LogP contribution in [-0.4, -0.2) is 47.7 Å². The molecular formula is C18H31NO4. The van der Waals surface area contributed by atoms with Gasteiger partial charge in [0.05, 0.1) is 25.3 Å². The molecule has 0 radical (unpaired) electrons. The standard InChI is InChI=1S/C18H31NO4/c1-17(2,3)9-15(20)12-7-13-10-22-11-14(8-12)19(13)16(21)23-18(4,5)6/h12-14H,7-11H2,1-6H3. The van der Waals surface area contributed by atoms with Crippen molar-refractivity contribution in [1.29, 1.82) is 0 Å². The first kappa shape index (κ1) is 18.2. The summed E-state index contributed by atoms with van der Waals surface area (Å²) < 4.78 is 11.2. The lowest BCUT2D eigenvalue weighted by molar-refractivity contribution is -0.133. The van der Waals surface area contributed by atoms with Crippen LogP contribution in [0.25, 0.3) is 0 Å². The number of Topliss-reactive ketones (excluding diaryl/α,β-unsaturated/α-hetero) is 1. The maximum Gasteiger partial charge on any atom is 0.410 e. The molecule has 2 fully saturated rings. The Labute approximate surface area is 139 Å². The zero-order valence-electron chi connectivity index (χ0n) is 15.3. The van der Waals surface area contributed by atoms with E-state index in [4.69, 9.17) is 9.47 Å². The molecule has 2 unspecified atom stereocenters. The third-order valence-corrected chi connectivity index (χ3v) is 4.28. The third kappa shape index (κ3) is 4.93. The number of fused-ring (bicyclic) bond motifs is 2. The number of carbonyl (C=O) groups excluding carboxylic acids is 2. The highest BCUT2D eigenvalue weighted by molar-refractivity contribution is 5.82. The van der Waals surface area contributed by atoms with Gasteiger partial charge in [-0.05, 0) is 39.0 Å². The minimum Gasteiger partial charge on any atom is -0.444 e. The zero-order valence-corrected chi connectivity index (χ0v) is 15.3. The number of rotatable bonds is 2. The number of amides is 1. The molecule has 0 aliphatic carbocycles. The fourth-order valence-corrected chi connectivity index (χ4v) is 3.46. The molecule has 23 heavy (non-hydrogen) atoms. The van der Waals surface area contributed by atoms with Gasteiger partial charge in [-0.3, -0.25) is 9.69 Å². The summed E-state index contributed by atoms with van der Waals surface area (Å²) in [5.74, 6) is 0.352. The van der Waals surface area contributed by atoms with Crippen molar-refractivity contribution in [1.82, 2.24) is 4.90 Å². The molecule has 1 amide bonds. The molecule has 2 rings (SSSR count). The quantitative estimate of drug-likeness (QED) is 0.781. The van der Waals surface area contributed by atoms with E-state index in [1.54, 1.807) is 0 Å². The number of hydrogen-bond donors (Lipinski definition) is 0. The van der Waals surface area contributed by atoms with Gasteiger partial charge >= 0.3 is 6.09 Å². The monoisotopic (exact) mass is 325 g/mol. The maximum absolute atomic E-state index is 12.6. The van der Waals surface area contributed by atoms with Crippen LogP contribution in [0.4, 0.5) is 4.79 Å². The largest absolute Gasteiger partial charge is 0.444 e.